The number of aromatic nitrogens is 1. The first-order valence-corrected chi connectivity index (χ1v) is 12.9. The number of carbonyl (C=O) groups is 3. The fraction of sp³-hybridized carbons (Fsp3) is 0.296. The molecule has 39 heavy (non-hydrogen) atoms. The Morgan fingerprint density at radius 1 is 1.18 bits per heavy atom. The number of halogens is 2. The molecule has 3 heterocycles. The standard InChI is InChI=1S/C27H23Cl2N5O5/c1-3-38-24(35)23-11-21(39-31-23)13-33-14-22(17-6-4-16(12-30)5-7-17)27(15-33)25(36)34(26(37)32(27)2)20-9-18(28)8-19(29)10-20/h4-11,22H,3,13-15H2,1-2H3/t22-,27+/m0/s1. The van der Waals surface area contributed by atoms with Crippen molar-refractivity contribution >= 4 is 46.8 Å². The van der Waals surface area contributed by atoms with E-state index in [1.54, 1.807) is 38.2 Å². The predicted octanol–water partition coefficient (Wildman–Crippen LogP) is 4.47. The zero-order chi connectivity index (χ0) is 27.9. The number of hydrogen-bond donors (Lipinski definition) is 0. The number of likely N-dealkylation sites (tertiary alicyclic amines) is 1. The molecule has 2 fully saturated rings. The van der Waals surface area contributed by atoms with Crippen LogP contribution >= 0.6 is 23.2 Å². The predicted molar refractivity (Wildman–Crippen MR) is 141 cm³/mol. The van der Waals surface area contributed by atoms with Gasteiger partial charge in [0.15, 0.2) is 11.5 Å². The van der Waals surface area contributed by atoms with E-state index in [4.69, 9.17) is 32.5 Å². The van der Waals surface area contributed by atoms with E-state index >= 15 is 0 Å². The van der Waals surface area contributed by atoms with E-state index in [2.05, 4.69) is 11.2 Å². The van der Waals surface area contributed by atoms with Crippen LogP contribution in [0.25, 0.3) is 0 Å². The zero-order valence-corrected chi connectivity index (χ0v) is 22.6. The minimum atomic E-state index is -1.27. The van der Waals surface area contributed by atoms with Gasteiger partial charge in [-0.1, -0.05) is 40.5 Å². The van der Waals surface area contributed by atoms with Crippen molar-refractivity contribution < 1.29 is 23.6 Å². The van der Waals surface area contributed by atoms with Crippen LogP contribution in [0.3, 0.4) is 0 Å². The minimum absolute atomic E-state index is 0.0534. The molecular weight excluding hydrogens is 545 g/mol. The highest BCUT2D eigenvalue weighted by molar-refractivity contribution is 6.35. The molecule has 10 nitrogen and oxygen atoms in total. The number of rotatable bonds is 6. The summed E-state index contributed by atoms with van der Waals surface area (Å²) >= 11 is 12.4. The van der Waals surface area contributed by atoms with Crippen molar-refractivity contribution in [3.05, 3.63) is 81.2 Å². The van der Waals surface area contributed by atoms with E-state index in [0.29, 0.717) is 27.9 Å². The lowest BCUT2D eigenvalue weighted by Gasteiger charge is -2.34. The van der Waals surface area contributed by atoms with Gasteiger partial charge in [0.05, 0.1) is 30.5 Å². The Morgan fingerprint density at radius 3 is 2.51 bits per heavy atom. The van der Waals surface area contributed by atoms with E-state index in [1.807, 2.05) is 4.90 Å². The molecule has 2 atom stereocenters. The van der Waals surface area contributed by atoms with Crippen LogP contribution in [0, 0.1) is 11.3 Å². The summed E-state index contributed by atoms with van der Waals surface area (Å²) in [6, 6.07) is 14.6. The number of likely N-dealkylation sites (N-methyl/N-ethyl adjacent to an activating group) is 1. The summed E-state index contributed by atoms with van der Waals surface area (Å²) in [5, 5.41) is 13.6. The number of imide groups is 1. The van der Waals surface area contributed by atoms with Crippen molar-refractivity contribution in [3.8, 4) is 6.07 Å². The molecule has 0 saturated carbocycles. The second-order valence-electron chi connectivity index (χ2n) is 9.39. The van der Waals surface area contributed by atoms with Gasteiger partial charge >= 0.3 is 12.0 Å². The van der Waals surface area contributed by atoms with E-state index in [1.165, 1.54) is 29.2 Å². The van der Waals surface area contributed by atoms with Crippen molar-refractivity contribution in [1.29, 1.82) is 5.26 Å². The number of amides is 3. The Morgan fingerprint density at radius 2 is 1.87 bits per heavy atom. The lowest BCUT2D eigenvalue weighted by molar-refractivity contribution is -0.124. The van der Waals surface area contributed by atoms with E-state index in [9.17, 15) is 19.6 Å². The summed E-state index contributed by atoms with van der Waals surface area (Å²) < 4.78 is 10.4. The highest BCUT2D eigenvalue weighted by Crippen LogP contribution is 2.47. The van der Waals surface area contributed by atoms with E-state index in [0.717, 1.165) is 10.5 Å². The summed E-state index contributed by atoms with van der Waals surface area (Å²) in [5.74, 6) is -1.05. The summed E-state index contributed by atoms with van der Waals surface area (Å²) in [4.78, 5) is 44.4. The fourth-order valence-electron chi connectivity index (χ4n) is 5.32. The van der Waals surface area contributed by atoms with Crippen molar-refractivity contribution in [2.24, 2.45) is 0 Å². The number of carbonyl (C=O) groups excluding carboxylic acids is 3. The highest BCUT2D eigenvalue weighted by Gasteiger charge is 2.64. The van der Waals surface area contributed by atoms with Crippen LogP contribution in [0.4, 0.5) is 10.5 Å². The van der Waals surface area contributed by atoms with E-state index < -0.39 is 29.4 Å². The van der Waals surface area contributed by atoms with Crippen molar-refractivity contribution in [2.45, 2.75) is 24.9 Å². The normalized spacial score (nSPS) is 21.2. The van der Waals surface area contributed by atoms with E-state index in [-0.39, 0.29) is 31.1 Å². The number of ether oxygens (including phenoxy) is 1. The second-order valence-corrected chi connectivity index (χ2v) is 10.3. The Labute approximate surface area is 234 Å². The van der Waals surface area contributed by atoms with Crippen LogP contribution in [0.15, 0.2) is 53.1 Å². The fourth-order valence-corrected chi connectivity index (χ4v) is 5.84. The molecule has 3 aromatic rings. The van der Waals surface area contributed by atoms with Crippen molar-refractivity contribution in [1.82, 2.24) is 15.0 Å². The molecule has 2 aliphatic rings. The number of hydrogen-bond acceptors (Lipinski definition) is 8. The van der Waals surface area contributed by atoms with Gasteiger partial charge in [0.2, 0.25) is 0 Å². The number of urea groups is 1. The molecule has 0 N–H and O–H groups in total. The van der Waals surface area contributed by atoms with Gasteiger partial charge in [0, 0.05) is 42.2 Å². The molecular formula is C27H23Cl2N5O5. The van der Waals surface area contributed by atoms with Crippen LogP contribution in [-0.4, -0.2) is 65.1 Å². The average molecular weight is 568 g/mol. The Bertz CT molecular complexity index is 1480. The number of esters is 1. The third-order valence-corrected chi connectivity index (χ3v) is 7.54. The van der Waals surface area contributed by atoms with Gasteiger partial charge in [-0.15, -0.1) is 0 Å². The number of anilines is 1. The maximum atomic E-state index is 14.2. The highest BCUT2D eigenvalue weighted by atomic mass is 35.5. The number of benzene rings is 2. The summed E-state index contributed by atoms with van der Waals surface area (Å²) in [5.41, 5.74) is 0.327. The quantitative estimate of drug-likeness (QED) is 0.316. The zero-order valence-electron chi connectivity index (χ0n) is 21.1. The molecule has 1 aromatic heterocycles. The number of nitriles is 1. The smallest absolute Gasteiger partial charge is 0.360 e. The SMILES string of the molecule is CCOC(=O)c1cc(CN2C[C@@H](c3ccc(C#N)cc3)[C@]3(C2)C(=O)N(c2cc(Cl)cc(Cl)c2)C(=O)N3C)on1. The topological polar surface area (TPSA) is 120 Å². The Hall–Kier alpha value is -3.91. The van der Waals surface area contributed by atoms with Gasteiger partial charge in [-0.3, -0.25) is 9.69 Å². The first kappa shape index (κ1) is 26.7. The van der Waals surface area contributed by atoms with Gasteiger partial charge in [-0.25, -0.2) is 14.5 Å². The van der Waals surface area contributed by atoms with Crippen molar-refractivity contribution in [3.63, 3.8) is 0 Å². The van der Waals surface area contributed by atoms with Crippen LogP contribution in [0.1, 0.15) is 40.2 Å². The maximum absolute atomic E-state index is 14.2. The number of nitrogens with zero attached hydrogens (tertiary/aromatic N) is 5. The molecule has 0 bridgehead atoms. The van der Waals surface area contributed by atoms with Gasteiger partial charge < -0.3 is 14.2 Å². The lowest BCUT2D eigenvalue weighted by atomic mass is 9.80. The molecule has 5 rings (SSSR count). The molecule has 2 aliphatic heterocycles. The molecule has 0 unspecified atom stereocenters. The van der Waals surface area contributed by atoms with Gasteiger partial charge in [-0.2, -0.15) is 5.26 Å². The van der Waals surface area contributed by atoms with Gasteiger partial charge in [0.25, 0.3) is 5.91 Å². The van der Waals surface area contributed by atoms with Gasteiger partial charge in [0.1, 0.15) is 5.54 Å². The summed E-state index contributed by atoms with van der Waals surface area (Å²) in [6.07, 6.45) is 0. The largest absolute Gasteiger partial charge is 0.461 e. The molecule has 3 amide bonds. The third kappa shape index (κ3) is 4.63. The van der Waals surface area contributed by atoms with Gasteiger partial charge in [-0.05, 0) is 42.8 Å². The monoisotopic (exact) mass is 567 g/mol. The summed E-state index contributed by atoms with van der Waals surface area (Å²) in [6.45, 7) is 2.70. The van der Waals surface area contributed by atoms with Crippen molar-refractivity contribution in [2.75, 3.05) is 31.6 Å². The summed E-state index contributed by atoms with van der Waals surface area (Å²) in [7, 11) is 1.60. The molecule has 2 saturated heterocycles. The average Bonchev–Trinajstić information content (AvgIpc) is 3.58. The molecule has 0 radical (unpaired) electrons. The second kappa shape index (κ2) is 10.3. The van der Waals surface area contributed by atoms with Crippen LogP contribution in [-0.2, 0) is 16.1 Å². The lowest BCUT2D eigenvalue weighted by Crippen LogP contribution is -2.53. The Kier molecular flexibility index (Phi) is 7.07. The van der Waals surface area contributed by atoms with Crippen LogP contribution in [0.5, 0.6) is 0 Å². The molecule has 0 aliphatic carbocycles. The molecule has 1 spiro atoms. The third-order valence-electron chi connectivity index (χ3n) is 7.10. The molecule has 200 valence electrons. The van der Waals surface area contributed by atoms with Crippen LogP contribution in [0.2, 0.25) is 10.0 Å². The minimum Gasteiger partial charge on any atom is -0.461 e. The first-order chi connectivity index (χ1) is 18.7. The Balaban J connectivity index is 1.52. The molecule has 12 heteroatoms. The first-order valence-electron chi connectivity index (χ1n) is 12.1. The van der Waals surface area contributed by atoms with Crippen LogP contribution < -0.4 is 4.90 Å². The molecule has 2 aromatic carbocycles. The maximum Gasteiger partial charge on any atom is 0.360 e.